The van der Waals surface area contributed by atoms with Crippen molar-refractivity contribution in [1.82, 2.24) is 9.55 Å². The van der Waals surface area contributed by atoms with Crippen LogP contribution in [0.25, 0.3) is 32.9 Å². The van der Waals surface area contributed by atoms with E-state index in [1.54, 1.807) is 11.7 Å². The Labute approximate surface area is 151 Å². The topological polar surface area (TPSA) is 73.3 Å². The van der Waals surface area contributed by atoms with Crippen LogP contribution in [0.1, 0.15) is 13.3 Å². The Morgan fingerprint density at radius 3 is 2.77 bits per heavy atom. The molecular weight excluding hydrogens is 326 g/mol. The predicted molar refractivity (Wildman–Crippen MR) is 106 cm³/mol. The maximum atomic E-state index is 10.5. The largest absolute Gasteiger partial charge is 0.497 e. The summed E-state index contributed by atoms with van der Waals surface area (Å²) in [6, 6.07) is 13.8. The van der Waals surface area contributed by atoms with E-state index in [-0.39, 0.29) is 5.88 Å². The molecule has 132 valence electrons. The third-order valence-electron chi connectivity index (χ3n) is 4.70. The Hall–Kier alpha value is -3.21. The Morgan fingerprint density at radius 2 is 2.00 bits per heavy atom. The summed E-state index contributed by atoms with van der Waals surface area (Å²) in [4.78, 5) is 4.83. The monoisotopic (exact) mass is 347 g/mol. The first-order chi connectivity index (χ1) is 12.6. The molecule has 26 heavy (non-hydrogen) atoms. The van der Waals surface area contributed by atoms with Crippen LogP contribution in [0.3, 0.4) is 0 Å². The smallest absolute Gasteiger partial charge is 0.202 e. The van der Waals surface area contributed by atoms with Crippen LogP contribution in [-0.2, 0) is 6.54 Å². The number of nitrogen functional groups attached to an aromatic ring is 1. The van der Waals surface area contributed by atoms with E-state index in [0.717, 1.165) is 40.7 Å². The molecule has 3 N–H and O–H groups in total. The first-order valence-electron chi connectivity index (χ1n) is 8.68. The number of fused-ring (bicyclic) bond motifs is 2. The van der Waals surface area contributed by atoms with Crippen molar-refractivity contribution in [3.05, 3.63) is 48.7 Å². The van der Waals surface area contributed by atoms with E-state index in [1.807, 2.05) is 48.7 Å². The first-order valence-corrected chi connectivity index (χ1v) is 8.68. The number of hydrogen-bond acceptors (Lipinski definition) is 4. The van der Waals surface area contributed by atoms with Crippen molar-refractivity contribution in [2.75, 3.05) is 12.8 Å². The van der Waals surface area contributed by atoms with Gasteiger partial charge in [0.15, 0.2) is 0 Å². The van der Waals surface area contributed by atoms with Gasteiger partial charge in [-0.1, -0.05) is 37.3 Å². The second kappa shape index (κ2) is 6.26. The number of anilines is 1. The second-order valence-corrected chi connectivity index (χ2v) is 6.37. The van der Waals surface area contributed by atoms with Gasteiger partial charge >= 0.3 is 0 Å². The summed E-state index contributed by atoms with van der Waals surface area (Å²) in [6.45, 7) is 2.79. The molecule has 0 fully saturated rings. The number of aromatic nitrogens is 2. The molecule has 4 aromatic rings. The molecule has 0 atom stereocenters. The molecule has 0 bridgehead atoms. The lowest BCUT2D eigenvalue weighted by atomic mass is 10.00. The molecule has 0 radical (unpaired) electrons. The summed E-state index contributed by atoms with van der Waals surface area (Å²) in [5.74, 6) is 0.973. The van der Waals surface area contributed by atoms with Crippen LogP contribution in [0.15, 0.2) is 48.7 Å². The summed E-state index contributed by atoms with van der Waals surface area (Å²) in [5, 5.41) is 12.0. The molecule has 2 aromatic carbocycles. The van der Waals surface area contributed by atoms with E-state index in [4.69, 9.17) is 15.5 Å². The summed E-state index contributed by atoms with van der Waals surface area (Å²) >= 11 is 0. The van der Waals surface area contributed by atoms with Crippen molar-refractivity contribution >= 4 is 27.5 Å². The molecule has 0 amide bonds. The number of hydrogen-bond donors (Lipinski definition) is 2. The van der Waals surface area contributed by atoms with Crippen LogP contribution >= 0.6 is 0 Å². The Morgan fingerprint density at radius 1 is 1.19 bits per heavy atom. The number of aromatic hydroxyl groups is 1. The van der Waals surface area contributed by atoms with Gasteiger partial charge in [0.25, 0.3) is 0 Å². The predicted octanol–water partition coefficient (Wildman–Crippen LogP) is 4.56. The molecule has 2 heterocycles. The third kappa shape index (κ3) is 2.44. The summed E-state index contributed by atoms with van der Waals surface area (Å²) in [5.41, 5.74) is 10.5. The van der Waals surface area contributed by atoms with Crippen molar-refractivity contribution in [3.63, 3.8) is 0 Å². The molecule has 0 saturated carbocycles. The van der Waals surface area contributed by atoms with Crippen LogP contribution in [0, 0.1) is 0 Å². The van der Waals surface area contributed by atoms with Gasteiger partial charge in [0.05, 0.1) is 29.2 Å². The number of aryl methyl sites for hydroxylation is 1. The third-order valence-corrected chi connectivity index (χ3v) is 4.70. The standard InChI is InChI=1S/C21H21N3O2/c1-3-10-24-12-17-18(21(24)25)19(22)16-9-5-8-15(20(16)23-17)13-6-4-7-14(11-13)26-2/h4-9,11-12,25H,3,10,22H2,1-2H3. The van der Waals surface area contributed by atoms with Gasteiger partial charge in [-0.3, -0.25) is 0 Å². The lowest BCUT2D eigenvalue weighted by molar-refractivity contribution is 0.415. The van der Waals surface area contributed by atoms with Crippen LogP contribution < -0.4 is 10.5 Å². The van der Waals surface area contributed by atoms with Gasteiger partial charge in [-0.05, 0) is 24.1 Å². The molecule has 0 unspecified atom stereocenters. The molecule has 5 nitrogen and oxygen atoms in total. The molecule has 4 rings (SSSR count). The van der Waals surface area contributed by atoms with E-state index in [0.29, 0.717) is 16.6 Å². The SMILES string of the molecule is CCCn1cc2nc3c(-c4cccc(OC)c4)cccc3c(N)c2c1O. The number of pyridine rings is 1. The van der Waals surface area contributed by atoms with Crippen molar-refractivity contribution in [2.24, 2.45) is 0 Å². The normalized spacial score (nSPS) is 11.3. The summed E-state index contributed by atoms with van der Waals surface area (Å²) < 4.78 is 7.15. The second-order valence-electron chi connectivity index (χ2n) is 6.37. The number of ether oxygens (including phenoxy) is 1. The number of rotatable bonds is 4. The lowest BCUT2D eigenvalue weighted by Crippen LogP contribution is -1.94. The number of methoxy groups -OCH3 is 1. The molecular formula is C21H21N3O2. The van der Waals surface area contributed by atoms with Gasteiger partial charge in [-0.25, -0.2) is 4.98 Å². The first kappa shape index (κ1) is 16.3. The van der Waals surface area contributed by atoms with Crippen LogP contribution in [0.5, 0.6) is 11.6 Å². The van der Waals surface area contributed by atoms with Gasteiger partial charge in [0.2, 0.25) is 5.88 Å². The van der Waals surface area contributed by atoms with Crippen LogP contribution in [-0.4, -0.2) is 21.8 Å². The fraction of sp³-hybridized carbons (Fsp3) is 0.190. The van der Waals surface area contributed by atoms with Crippen LogP contribution in [0.4, 0.5) is 5.69 Å². The van der Waals surface area contributed by atoms with Crippen molar-refractivity contribution in [2.45, 2.75) is 19.9 Å². The molecule has 2 aromatic heterocycles. The van der Waals surface area contributed by atoms with E-state index in [9.17, 15) is 5.11 Å². The molecule has 0 aliphatic carbocycles. The number of nitrogens with two attached hydrogens (primary N) is 1. The lowest BCUT2D eigenvalue weighted by Gasteiger charge is -2.10. The highest BCUT2D eigenvalue weighted by atomic mass is 16.5. The fourth-order valence-corrected chi connectivity index (χ4v) is 3.45. The Balaban J connectivity index is 2.03. The minimum absolute atomic E-state index is 0.181. The number of nitrogens with zero attached hydrogens (tertiary/aromatic N) is 2. The van der Waals surface area contributed by atoms with Gasteiger partial charge in [-0.15, -0.1) is 0 Å². The zero-order chi connectivity index (χ0) is 18.3. The molecule has 0 saturated heterocycles. The van der Waals surface area contributed by atoms with Crippen molar-refractivity contribution in [1.29, 1.82) is 0 Å². The van der Waals surface area contributed by atoms with E-state index >= 15 is 0 Å². The Kier molecular flexibility index (Phi) is 3.92. The zero-order valence-corrected chi connectivity index (χ0v) is 14.9. The maximum absolute atomic E-state index is 10.5. The quantitative estimate of drug-likeness (QED) is 0.567. The van der Waals surface area contributed by atoms with Gasteiger partial charge in [0, 0.05) is 23.7 Å². The van der Waals surface area contributed by atoms with Crippen LogP contribution in [0.2, 0.25) is 0 Å². The van der Waals surface area contributed by atoms with Crippen molar-refractivity contribution in [3.8, 4) is 22.8 Å². The Bertz CT molecular complexity index is 1120. The van der Waals surface area contributed by atoms with E-state index in [1.165, 1.54) is 0 Å². The minimum Gasteiger partial charge on any atom is -0.497 e. The average Bonchev–Trinajstić information content (AvgIpc) is 2.98. The average molecular weight is 347 g/mol. The van der Waals surface area contributed by atoms with E-state index < -0.39 is 0 Å². The highest BCUT2D eigenvalue weighted by molar-refractivity contribution is 6.12. The van der Waals surface area contributed by atoms with Gasteiger partial charge in [0.1, 0.15) is 5.75 Å². The highest BCUT2D eigenvalue weighted by Gasteiger charge is 2.17. The number of benzene rings is 2. The number of para-hydroxylation sites is 1. The zero-order valence-electron chi connectivity index (χ0n) is 14.9. The van der Waals surface area contributed by atoms with E-state index in [2.05, 4.69) is 6.92 Å². The van der Waals surface area contributed by atoms with Gasteiger partial charge in [-0.2, -0.15) is 0 Å². The molecule has 0 aliphatic heterocycles. The summed E-state index contributed by atoms with van der Waals surface area (Å²) in [7, 11) is 1.65. The van der Waals surface area contributed by atoms with Crippen molar-refractivity contribution < 1.29 is 9.84 Å². The molecule has 5 heteroatoms. The summed E-state index contributed by atoms with van der Waals surface area (Å²) in [6.07, 6.45) is 2.79. The molecule has 0 aliphatic rings. The minimum atomic E-state index is 0.181. The highest BCUT2D eigenvalue weighted by Crippen LogP contribution is 2.39. The van der Waals surface area contributed by atoms with Gasteiger partial charge < -0.3 is 20.1 Å². The maximum Gasteiger partial charge on any atom is 0.202 e. The fourth-order valence-electron chi connectivity index (χ4n) is 3.45. The molecule has 0 spiro atoms.